The smallest absolute Gasteiger partial charge is 0.188 e. The highest BCUT2D eigenvalue weighted by Crippen LogP contribution is 2.21. The Labute approximate surface area is 95.2 Å². The van der Waals surface area contributed by atoms with Gasteiger partial charge in [-0.1, -0.05) is 12.1 Å². The maximum Gasteiger partial charge on any atom is 0.188 e. The second-order valence-electron chi connectivity index (χ2n) is 3.28. The molecule has 3 nitrogen and oxygen atoms in total. The zero-order chi connectivity index (χ0) is 11.3. The van der Waals surface area contributed by atoms with Gasteiger partial charge in [0, 0.05) is 18.5 Å². The number of nitrogens with one attached hydrogen (secondary N) is 1. The predicted octanol–water partition coefficient (Wildman–Crippen LogP) is 1.75. The lowest BCUT2D eigenvalue weighted by Crippen LogP contribution is -2.30. The number of guanidine groups is 1. The third-order valence-corrected chi connectivity index (χ3v) is 2.96. The molecule has 0 bridgehead atoms. The topological polar surface area (TPSA) is 50.4 Å². The highest BCUT2D eigenvalue weighted by Gasteiger charge is 2.01. The normalized spacial score (nSPS) is 11.5. The molecule has 1 aromatic carbocycles. The summed E-state index contributed by atoms with van der Waals surface area (Å²) in [7, 11) is 1.67. The average molecular weight is 223 g/mol. The van der Waals surface area contributed by atoms with E-state index >= 15 is 0 Å². The van der Waals surface area contributed by atoms with Crippen molar-refractivity contribution < 1.29 is 0 Å². The summed E-state index contributed by atoms with van der Waals surface area (Å²) in [4.78, 5) is 5.14. The third-order valence-electron chi connectivity index (χ3n) is 2.14. The van der Waals surface area contributed by atoms with Gasteiger partial charge in [0.05, 0.1) is 0 Å². The maximum absolute atomic E-state index is 5.57. The van der Waals surface area contributed by atoms with Crippen LogP contribution in [-0.2, 0) is 6.54 Å². The van der Waals surface area contributed by atoms with Crippen molar-refractivity contribution in [3.05, 3.63) is 29.3 Å². The highest BCUT2D eigenvalue weighted by molar-refractivity contribution is 7.98. The van der Waals surface area contributed by atoms with Crippen molar-refractivity contribution in [2.45, 2.75) is 18.4 Å². The zero-order valence-electron chi connectivity index (χ0n) is 9.37. The zero-order valence-corrected chi connectivity index (χ0v) is 10.2. The van der Waals surface area contributed by atoms with Crippen LogP contribution in [0.25, 0.3) is 0 Å². The molecule has 0 heterocycles. The Bertz CT molecular complexity index is 361. The minimum absolute atomic E-state index is 0.475. The molecule has 0 aliphatic rings. The molecule has 0 atom stereocenters. The van der Waals surface area contributed by atoms with E-state index in [0.717, 1.165) is 6.54 Å². The van der Waals surface area contributed by atoms with E-state index in [-0.39, 0.29) is 0 Å². The average Bonchev–Trinajstić information content (AvgIpc) is 2.26. The molecule has 0 amide bonds. The fourth-order valence-corrected chi connectivity index (χ4v) is 1.97. The summed E-state index contributed by atoms with van der Waals surface area (Å²) >= 11 is 1.75. The van der Waals surface area contributed by atoms with E-state index in [2.05, 4.69) is 41.7 Å². The molecule has 1 aromatic rings. The van der Waals surface area contributed by atoms with Gasteiger partial charge in [-0.15, -0.1) is 11.8 Å². The van der Waals surface area contributed by atoms with Crippen molar-refractivity contribution in [2.24, 2.45) is 10.7 Å². The van der Waals surface area contributed by atoms with Crippen LogP contribution in [0.1, 0.15) is 11.1 Å². The molecule has 0 fully saturated rings. The molecule has 0 aromatic heterocycles. The lowest BCUT2D eigenvalue weighted by molar-refractivity contribution is 0.879. The van der Waals surface area contributed by atoms with Gasteiger partial charge in [0.1, 0.15) is 0 Å². The van der Waals surface area contributed by atoms with Crippen LogP contribution in [0.4, 0.5) is 0 Å². The first-order valence-electron chi connectivity index (χ1n) is 4.77. The van der Waals surface area contributed by atoms with Crippen molar-refractivity contribution in [3.8, 4) is 0 Å². The number of thioether (sulfide) groups is 1. The fraction of sp³-hybridized carbons (Fsp3) is 0.364. The van der Waals surface area contributed by atoms with Crippen molar-refractivity contribution in [1.29, 1.82) is 0 Å². The lowest BCUT2D eigenvalue weighted by Gasteiger charge is -2.09. The quantitative estimate of drug-likeness (QED) is 0.466. The first-order valence-corrected chi connectivity index (χ1v) is 5.99. The van der Waals surface area contributed by atoms with Crippen molar-refractivity contribution in [3.63, 3.8) is 0 Å². The van der Waals surface area contributed by atoms with Crippen LogP contribution in [0, 0.1) is 6.92 Å². The number of hydrogen-bond donors (Lipinski definition) is 2. The molecular weight excluding hydrogens is 206 g/mol. The van der Waals surface area contributed by atoms with E-state index in [4.69, 9.17) is 5.73 Å². The first-order chi connectivity index (χ1) is 7.17. The molecule has 1 rings (SSSR count). The molecule has 0 aliphatic carbocycles. The largest absolute Gasteiger partial charge is 0.370 e. The second kappa shape index (κ2) is 5.66. The van der Waals surface area contributed by atoms with Crippen molar-refractivity contribution in [1.82, 2.24) is 5.32 Å². The Morgan fingerprint density at radius 2 is 2.27 bits per heavy atom. The van der Waals surface area contributed by atoms with Crippen LogP contribution in [0.5, 0.6) is 0 Å². The van der Waals surface area contributed by atoms with Gasteiger partial charge in [-0.2, -0.15) is 0 Å². The van der Waals surface area contributed by atoms with E-state index in [1.54, 1.807) is 18.8 Å². The van der Waals surface area contributed by atoms with Gasteiger partial charge in [0.25, 0.3) is 0 Å². The van der Waals surface area contributed by atoms with E-state index in [1.165, 1.54) is 16.0 Å². The summed E-state index contributed by atoms with van der Waals surface area (Å²) in [5.74, 6) is 0.475. The first kappa shape index (κ1) is 11.9. The summed E-state index contributed by atoms with van der Waals surface area (Å²) in [6, 6.07) is 6.41. The van der Waals surface area contributed by atoms with Crippen LogP contribution < -0.4 is 11.1 Å². The summed E-state index contributed by atoms with van der Waals surface area (Å²) in [5.41, 5.74) is 8.10. The predicted molar refractivity (Wildman–Crippen MR) is 67.3 cm³/mol. The summed E-state index contributed by atoms with van der Waals surface area (Å²) in [6.07, 6.45) is 2.08. The van der Waals surface area contributed by atoms with Crippen LogP contribution in [0.3, 0.4) is 0 Å². The number of nitrogens with zero attached hydrogens (tertiary/aromatic N) is 1. The minimum Gasteiger partial charge on any atom is -0.370 e. The Kier molecular flexibility index (Phi) is 4.49. The van der Waals surface area contributed by atoms with Gasteiger partial charge in [-0.25, -0.2) is 0 Å². The summed E-state index contributed by atoms with van der Waals surface area (Å²) in [6.45, 7) is 2.82. The monoisotopic (exact) mass is 223 g/mol. The van der Waals surface area contributed by atoms with E-state index in [9.17, 15) is 0 Å². The molecule has 0 spiro atoms. The molecule has 0 saturated heterocycles. The molecule has 0 saturated carbocycles. The Hall–Kier alpha value is -1.16. The van der Waals surface area contributed by atoms with Gasteiger partial charge in [0.2, 0.25) is 0 Å². The summed E-state index contributed by atoms with van der Waals surface area (Å²) < 4.78 is 0. The molecule has 0 unspecified atom stereocenters. The molecule has 15 heavy (non-hydrogen) atoms. The minimum atomic E-state index is 0.475. The maximum atomic E-state index is 5.57. The molecule has 0 aliphatic heterocycles. The number of nitrogens with two attached hydrogens (primary N) is 1. The number of benzene rings is 1. The number of aliphatic imine (C=N–C) groups is 1. The lowest BCUT2D eigenvalue weighted by atomic mass is 10.1. The standard InChI is InChI=1S/C11H17N3S/c1-8-4-5-9(10(6-8)15-3)7-14-11(12)13-2/h4-6H,7H2,1-3H3,(H3,12,13,14). The molecular formula is C11H17N3S. The number of rotatable bonds is 3. The van der Waals surface area contributed by atoms with Gasteiger partial charge in [-0.05, 0) is 30.4 Å². The molecule has 82 valence electrons. The van der Waals surface area contributed by atoms with E-state index < -0.39 is 0 Å². The summed E-state index contributed by atoms with van der Waals surface area (Å²) in [5, 5.41) is 3.06. The van der Waals surface area contributed by atoms with E-state index in [0.29, 0.717) is 5.96 Å². The van der Waals surface area contributed by atoms with Crippen LogP contribution in [-0.4, -0.2) is 19.3 Å². The van der Waals surface area contributed by atoms with Crippen LogP contribution >= 0.6 is 11.8 Å². The van der Waals surface area contributed by atoms with Crippen LogP contribution in [0.15, 0.2) is 28.1 Å². The third kappa shape index (κ3) is 3.47. The number of hydrogen-bond acceptors (Lipinski definition) is 2. The van der Waals surface area contributed by atoms with Gasteiger partial charge in [-0.3, -0.25) is 4.99 Å². The van der Waals surface area contributed by atoms with Crippen molar-refractivity contribution >= 4 is 17.7 Å². The van der Waals surface area contributed by atoms with Crippen molar-refractivity contribution in [2.75, 3.05) is 13.3 Å². The fourth-order valence-electron chi connectivity index (χ4n) is 1.26. The Morgan fingerprint density at radius 3 is 2.87 bits per heavy atom. The second-order valence-corrected chi connectivity index (χ2v) is 4.13. The molecule has 0 radical (unpaired) electrons. The SMILES string of the molecule is CN=C(N)NCc1ccc(C)cc1SC. The van der Waals surface area contributed by atoms with Gasteiger partial charge < -0.3 is 11.1 Å². The van der Waals surface area contributed by atoms with E-state index in [1.807, 2.05) is 0 Å². The Morgan fingerprint density at radius 1 is 1.53 bits per heavy atom. The number of aryl methyl sites for hydroxylation is 1. The molecule has 4 heteroatoms. The highest BCUT2D eigenvalue weighted by atomic mass is 32.2. The van der Waals surface area contributed by atoms with Gasteiger partial charge >= 0.3 is 0 Å². The van der Waals surface area contributed by atoms with Gasteiger partial charge in [0.15, 0.2) is 5.96 Å². The molecule has 3 N–H and O–H groups in total. The Balaban J connectivity index is 2.76. The van der Waals surface area contributed by atoms with Crippen LogP contribution in [0.2, 0.25) is 0 Å².